The van der Waals surface area contributed by atoms with Crippen LogP contribution in [0.4, 0.5) is 0 Å². The fourth-order valence-corrected chi connectivity index (χ4v) is 2.88. The second-order valence-electron chi connectivity index (χ2n) is 5.50. The largest absolute Gasteiger partial charge is 0.389 e. The fourth-order valence-electron chi connectivity index (χ4n) is 2.88. The molecule has 1 aromatic rings. The van der Waals surface area contributed by atoms with Gasteiger partial charge in [0.2, 0.25) is 0 Å². The molecule has 1 aromatic carbocycles. The summed E-state index contributed by atoms with van der Waals surface area (Å²) < 4.78 is 0. The van der Waals surface area contributed by atoms with Crippen molar-refractivity contribution in [2.75, 3.05) is 0 Å². The summed E-state index contributed by atoms with van der Waals surface area (Å²) in [5.74, 6) is 0. The van der Waals surface area contributed by atoms with Crippen LogP contribution in [0.25, 0.3) is 0 Å². The van der Waals surface area contributed by atoms with E-state index < -0.39 is 0 Å². The highest BCUT2D eigenvalue weighted by molar-refractivity contribution is 6.01. The third-order valence-corrected chi connectivity index (χ3v) is 4.19. The van der Waals surface area contributed by atoms with E-state index in [1.165, 1.54) is 42.4 Å². The van der Waals surface area contributed by atoms with Crippen molar-refractivity contribution in [1.29, 1.82) is 0 Å². The molecule has 0 N–H and O–H groups in total. The molecule has 0 bridgehead atoms. The minimum Gasteiger partial charge on any atom is -0.389 e. The van der Waals surface area contributed by atoms with E-state index >= 15 is 0 Å². The van der Waals surface area contributed by atoms with Crippen molar-refractivity contribution in [1.82, 2.24) is 0 Å². The summed E-state index contributed by atoms with van der Waals surface area (Å²) in [7, 11) is 0. The molecule has 1 fully saturated rings. The van der Waals surface area contributed by atoms with Crippen LogP contribution in [0.5, 0.6) is 0 Å². The van der Waals surface area contributed by atoms with Gasteiger partial charge in [0.1, 0.15) is 5.60 Å². The number of aryl methyl sites for hydroxylation is 2. The molecule has 0 saturated heterocycles. The average Bonchev–Trinajstić information content (AvgIpc) is 2.94. The van der Waals surface area contributed by atoms with Crippen LogP contribution in [0.3, 0.4) is 0 Å². The predicted octanol–water partition coefficient (Wildman–Crippen LogP) is 3.74. The van der Waals surface area contributed by atoms with Crippen LogP contribution in [0.2, 0.25) is 0 Å². The molecule has 1 aliphatic carbocycles. The van der Waals surface area contributed by atoms with Gasteiger partial charge in [-0.1, -0.05) is 17.3 Å². The van der Waals surface area contributed by atoms with Gasteiger partial charge in [-0.15, -0.1) is 0 Å². The van der Waals surface area contributed by atoms with Crippen LogP contribution in [0.1, 0.15) is 48.8 Å². The van der Waals surface area contributed by atoms with Gasteiger partial charge in [0, 0.05) is 6.42 Å². The molecule has 2 aliphatic rings. The monoisotopic (exact) mass is 229 g/mol. The number of hydrogen-bond acceptors (Lipinski definition) is 2. The second-order valence-corrected chi connectivity index (χ2v) is 5.50. The molecule has 0 unspecified atom stereocenters. The highest BCUT2D eigenvalue weighted by atomic mass is 16.7. The Hall–Kier alpha value is -1.31. The van der Waals surface area contributed by atoms with Crippen molar-refractivity contribution in [3.8, 4) is 0 Å². The normalized spacial score (nSPS) is 21.6. The lowest BCUT2D eigenvalue weighted by Crippen LogP contribution is -2.24. The number of nitrogens with zero attached hydrogens (tertiary/aromatic N) is 1. The van der Waals surface area contributed by atoms with Gasteiger partial charge in [-0.25, -0.2) is 0 Å². The molecular weight excluding hydrogens is 210 g/mol. The minimum absolute atomic E-state index is 0.0497. The molecule has 1 heterocycles. The van der Waals surface area contributed by atoms with E-state index in [0.717, 1.165) is 12.1 Å². The lowest BCUT2D eigenvalue weighted by Gasteiger charge is -2.19. The van der Waals surface area contributed by atoms with Crippen molar-refractivity contribution in [2.45, 2.75) is 51.6 Å². The highest BCUT2D eigenvalue weighted by Gasteiger charge is 2.41. The summed E-state index contributed by atoms with van der Waals surface area (Å²) >= 11 is 0. The summed E-state index contributed by atoms with van der Waals surface area (Å²) in [6, 6.07) is 6.57. The van der Waals surface area contributed by atoms with E-state index in [1.54, 1.807) is 0 Å². The van der Waals surface area contributed by atoms with E-state index in [1.807, 2.05) is 0 Å². The van der Waals surface area contributed by atoms with Crippen LogP contribution in [0, 0.1) is 13.8 Å². The number of benzene rings is 1. The maximum Gasteiger partial charge on any atom is 0.143 e. The summed E-state index contributed by atoms with van der Waals surface area (Å²) in [6.45, 7) is 4.30. The molecule has 17 heavy (non-hydrogen) atoms. The lowest BCUT2D eigenvalue weighted by atomic mass is 9.92. The molecular formula is C15H19NO. The van der Waals surface area contributed by atoms with Gasteiger partial charge >= 0.3 is 0 Å². The van der Waals surface area contributed by atoms with Crippen LogP contribution in [-0.2, 0) is 4.84 Å². The second kappa shape index (κ2) is 3.86. The molecule has 0 amide bonds. The van der Waals surface area contributed by atoms with Crippen molar-refractivity contribution < 1.29 is 4.84 Å². The van der Waals surface area contributed by atoms with Crippen LogP contribution in [0.15, 0.2) is 23.4 Å². The average molecular weight is 229 g/mol. The quantitative estimate of drug-likeness (QED) is 0.719. The summed E-state index contributed by atoms with van der Waals surface area (Å²) in [6.07, 6.45) is 5.91. The first-order valence-electron chi connectivity index (χ1n) is 6.51. The molecule has 0 radical (unpaired) electrons. The number of hydrogen-bond donors (Lipinski definition) is 0. The van der Waals surface area contributed by atoms with E-state index in [9.17, 15) is 0 Å². The smallest absolute Gasteiger partial charge is 0.143 e. The molecule has 1 aliphatic heterocycles. The van der Waals surface area contributed by atoms with Crippen molar-refractivity contribution in [3.05, 3.63) is 34.9 Å². The zero-order valence-corrected chi connectivity index (χ0v) is 10.6. The lowest BCUT2D eigenvalue weighted by molar-refractivity contribution is -0.0126. The van der Waals surface area contributed by atoms with E-state index in [4.69, 9.17) is 4.84 Å². The number of rotatable bonds is 1. The number of oxime groups is 1. The van der Waals surface area contributed by atoms with Gasteiger partial charge in [-0.2, -0.15) is 0 Å². The molecule has 0 aromatic heterocycles. The molecule has 1 spiro atoms. The van der Waals surface area contributed by atoms with Gasteiger partial charge in [-0.3, -0.25) is 0 Å². The summed E-state index contributed by atoms with van der Waals surface area (Å²) in [5.41, 5.74) is 5.09. The van der Waals surface area contributed by atoms with Crippen molar-refractivity contribution in [2.24, 2.45) is 5.16 Å². The Morgan fingerprint density at radius 1 is 1.12 bits per heavy atom. The maximum absolute atomic E-state index is 5.73. The van der Waals surface area contributed by atoms with E-state index in [-0.39, 0.29) is 5.60 Å². The first kappa shape index (κ1) is 10.8. The highest BCUT2D eigenvalue weighted by Crippen LogP contribution is 2.40. The third-order valence-electron chi connectivity index (χ3n) is 4.19. The van der Waals surface area contributed by atoms with Crippen LogP contribution >= 0.6 is 0 Å². The first-order chi connectivity index (χ1) is 8.19. The Morgan fingerprint density at radius 3 is 2.59 bits per heavy atom. The maximum atomic E-state index is 5.73. The van der Waals surface area contributed by atoms with Crippen molar-refractivity contribution in [3.63, 3.8) is 0 Å². The van der Waals surface area contributed by atoms with Gasteiger partial charge in [0.15, 0.2) is 0 Å². The first-order valence-corrected chi connectivity index (χ1v) is 6.51. The van der Waals surface area contributed by atoms with Gasteiger partial charge in [0.05, 0.1) is 5.71 Å². The van der Waals surface area contributed by atoms with E-state index in [0.29, 0.717) is 0 Å². The zero-order chi connectivity index (χ0) is 11.9. The zero-order valence-electron chi connectivity index (χ0n) is 10.6. The molecule has 90 valence electrons. The van der Waals surface area contributed by atoms with E-state index in [2.05, 4.69) is 37.2 Å². The minimum atomic E-state index is 0.0497. The Kier molecular flexibility index (Phi) is 2.46. The standard InChI is InChI=1S/C15H19NO/c1-11-5-6-13(9-12(11)2)14-10-15(17-16-14)7-3-4-8-15/h5-6,9H,3-4,7-8,10H2,1-2H3. The topological polar surface area (TPSA) is 21.6 Å². The SMILES string of the molecule is Cc1ccc(C2=NOC3(CCCC3)C2)cc1C. The summed E-state index contributed by atoms with van der Waals surface area (Å²) in [4.78, 5) is 5.73. The Balaban J connectivity index is 1.84. The molecule has 1 saturated carbocycles. The Bertz CT molecular complexity index is 470. The van der Waals surface area contributed by atoms with Gasteiger partial charge < -0.3 is 4.84 Å². The Morgan fingerprint density at radius 2 is 1.88 bits per heavy atom. The van der Waals surface area contributed by atoms with Gasteiger partial charge in [-0.05, 0) is 62.3 Å². The van der Waals surface area contributed by atoms with Crippen LogP contribution < -0.4 is 0 Å². The van der Waals surface area contributed by atoms with Crippen LogP contribution in [-0.4, -0.2) is 11.3 Å². The molecule has 0 atom stereocenters. The molecule has 3 rings (SSSR count). The van der Waals surface area contributed by atoms with Gasteiger partial charge in [0.25, 0.3) is 0 Å². The predicted molar refractivity (Wildman–Crippen MR) is 69.4 cm³/mol. The van der Waals surface area contributed by atoms with Crippen molar-refractivity contribution >= 4 is 5.71 Å². The fraction of sp³-hybridized carbons (Fsp3) is 0.533. The summed E-state index contributed by atoms with van der Waals surface area (Å²) in [5, 5.41) is 4.33. The third kappa shape index (κ3) is 1.86. The Labute approximate surface area is 103 Å². The molecule has 2 heteroatoms. The molecule has 2 nitrogen and oxygen atoms in total.